The van der Waals surface area contributed by atoms with E-state index >= 15 is 0 Å². The van der Waals surface area contributed by atoms with E-state index in [1.165, 1.54) is 5.69 Å². The molecule has 1 aromatic rings. The van der Waals surface area contributed by atoms with Crippen molar-refractivity contribution in [2.45, 2.75) is 54.0 Å². The quantitative estimate of drug-likeness (QED) is 0.820. The Hall–Kier alpha value is -0.830. The van der Waals surface area contributed by atoms with Gasteiger partial charge in [0, 0.05) is 30.9 Å². The summed E-state index contributed by atoms with van der Waals surface area (Å²) in [6.45, 7) is 15.4. The zero-order valence-corrected chi connectivity index (χ0v) is 13.4. The Labute approximate surface area is 118 Å². The van der Waals surface area contributed by atoms with Crippen LogP contribution in [0.15, 0.2) is 12.5 Å². The van der Waals surface area contributed by atoms with Crippen molar-refractivity contribution in [2.75, 3.05) is 6.54 Å². The Morgan fingerprint density at radius 2 is 1.63 bits per heavy atom. The fraction of sp³-hybridized carbons (Fsp3) is 0.812. The lowest BCUT2D eigenvalue weighted by atomic mass is 9.85. The predicted molar refractivity (Wildman–Crippen MR) is 82.0 cm³/mol. The van der Waals surface area contributed by atoms with Gasteiger partial charge in [0.2, 0.25) is 0 Å². The zero-order chi connectivity index (χ0) is 14.6. The van der Waals surface area contributed by atoms with Gasteiger partial charge in [-0.1, -0.05) is 41.5 Å². The van der Waals surface area contributed by atoms with Gasteiger partial charge >= 0.3 is 0 Å². The van der Waals surface area contributed by atoms with Crippen molar-refractivity contribution in [3.8, 4) is 0 Å². The van der Waals surface area contributed by atoms with E-state index in [-0.39, 0.29) is 0 Å². The largest absolute Gasteiger partial charge is 0.334 e. The molecule has 1 atom stereocenters. The third-order valence-corrected chi connectivity index (χ3v) is 4.30. The number of aromatic nitrogens is 2. The van der Waals surface area contributed by atoms with Crippen molar-refractivity contribution in [2.24, 2.45) is 29.4 Å². The van der Waals surface area contributed by atoms with Crippen LogP contribution >= 0.6 is 0 Å². The van der Waals surface area contributed by atoms with Crippen LogP contribution in [0.4, 0.5) is 0 Å². The second kappa shape index (κ2) is 7.09. The molecule has 110 valence electrons. The van der Waals surface area contributed by atoms with Gasteiger partial charge in [-0.3, -0.25) is 0 Å². The first-order valence-corrected chi connectivity index (χ1v) is 7.58. The lowest BCUT2D eigenvalue weighted by molar-refractivity contribution is 0.247. The summed E-state index contributed by atoms with van der Waals surface area (Å²) in [5, 5.41) is 0. The first-order chi connectivity index (χ1) is 8.88. The highest BCUT2D eigenvalue weighted by atomic mass is 15.1. The summed E-state index contributed by atoms with van der Waals surface area (Å²) in [7, 11) is 0. The van der Waals surface area contributed by atoms with Crippen molar-refractivity contribution in [3.63, 3.8) is 0 Å². The van der Waals surface area contributed by atoms with E-state index in [9.17, 15) is 0 Å². The van der Waals surface area contributed by atoms with Crippen LogP contribution in [0.25, 0.3) is 0 Å². The van der Waals surface area contributed by atoms with Crippen LogP contribution in [0.5, 0.6) is 0 Å². The third-order valence-electron chi connectivity index (χ3n) is 4.30. The highest BCUT2D eigenvalue weighted by Crippen LogP contribution is 2.27. The molecule has 0 aliphatic heterocycles. The maximum absolute atomic E-state index is 5.94. The molecule has 0 saturated heterocycles. The molecule has 0 aliphatic rings. The van der Waals surface area contributed by atoms with E-state index in [1.807, 2.05) is 12.5 Å². The summed E-state index contributed by atoms with van der Waals surface area (Å²) >= 11 is 0. The molecule has 0 spiro atoms. The van der Waals surface area contributed by atoms with Gasteiger partial charge in [0.25, 0.3) is 0 Å². The van der Waals surface area contributed by atoms with Gasteiger partial charge in [-0.05, 0) is 23.7 Å². The Morgan fingerprint density at radius 3 is 2.05 bits per heavy atom. The molecule has 0 aliphatic carbocycles. The molecule has 0 saturated carbocycles. The second-order valence-electron chi connectivity index (χ2n) is 6.71. The van der Waals surface area contributed by atoms with Gasteiger partial charge in [-0.2, -0.15) is 0 Å². The maximum atomic E-state index is 5.94. The summed E-state index contributed by atoms with van der Waals surface area (Å²) in [5.74, 6) is 3.01. The van der Waals surface area contributed by atoms with Crippen LogP contribution in [0.1, 0.15) is 53.2 Å². The Morgan fingerprint density at radius 1 is 1.05 bits per heavy atom. The summed E-state index contributed by atoms with van der Waals surface area (Å²) < 4.78 is 2.32. The van der Waals surface area contributed by atoms with Crippen molar-refractivity contribution < 1.29 is 0 Å². The zero-order valence-electron chi connectivity index (χ0n) is 13.4. The number of hydrogen-bond acceptors (Lipinski definition) is 2. The van der Waals surface area contributed by atoms with E-state index in [4.69, 9.17) is 5.73 Å². The molecule has 0 aromatic carbocycles. The topological polar surface area (TPSA) is 43.8 Å². The molecule has 3 heteroatoms. The minimum Gasteiger partial charge on any atom is -0.334 e. The van der Waals surface area contributed by atoms with E-state index in [1.54, 1.807) is 0 Å². The number of nitrogens with two attached hydrogens (primary N) is 1. The Kier molecular flexibility index (Phi) is 6.05. The van der Waals surface area contributed by atoms with Crippen molar-refractivity contribution >= 4 is 0 Å². The maximum Gasteiger partial charge on any atom is 0.0948 e. The molecule has 0 radical (unpaired) electrons. The molecule has 1 heterocycles. The van der Waals surface area contributed by atoms with Crippen LogP contribution in [0, 0.1) is 23.7 Å². The van der Waals surface area contributed by atoms with Gasteiger partial charge in [0.05, 0.1) is 6.33 Å². The van der Waals surface area contributed by atoms with Crippen LogP contribution in [0.3, 0.4) is 0 Å². The van der Waals surface area contributed by atoms with E-state index in [0.717, 1.165) is 6.54 Å². The molecule has 19 heavy (non-hydrogen) atoms. The van der Waals surface area contributed by atoms with Crippen molar-refractivity contribution in [1.82, 2.24) is 9.55 Å². The predicted octanol–water partition coefficient (Wildman–Crippen LogP) is 3.51. The summed E-state index contributed by atoms with van der Waals surface area (Å²) in [4.78, 5) is 4.35. The number of imidazole rings is 1. The third kappa shape index (κ3) is 4.07. The van der Waals surface area contributed by atoms with Gasteiger partial charge in [-0.15, -0.1) is 0 Å². The minimum absolute atomic E-state index is 0.405. The highest BCUT2D eigenvalue weighted by Gasteiger charge is 2.22. The van der Waals surface area contributed by atoms with E-state index < -0.39 is 0 Å². The first-order valence-electron chi connectivity index (χ1n) is 7.58. The number of hydrogen-bond donors (Lipinski definition) is 1. The standard InChI is InChI=1S/C16H31N3/c1-11(2)14(7-17)16-8-18-10-19(16)9-15(12(3)4)13(5)6/h8,10-15H,7,9,17H2,1-6H3. The van der Waals surface area contributed by atoms with Crippen LogP contribution in [0.2, 0.25) is 0 Å². The average Bonchev–Trinajstić information content (AvgIpc) is 2.73. The highest BCUT2D eigenvalue weighted by molar-refractivity contribution is 5.08. The SMILES string of the molecule is CC(C)C(CN)c1cncn1CC(C(C)C)C(C)C. The van der Waals surface area contributed by atoms with E-state index in [2.05, 4.69) is 51.1 Å². The summed E-state index contributed by atoms with van der Waals surface area (Å²) in [6.07, 6.45) is 3.97. The Bertz CT molecular complexity index is 358. The van der Waals surface area contributed by atoms with Crippen LogP contribution < -0.4 is 5.73 Å². The summed E-state index contributed by atoms with van der Waals surface area (Å²) in [6, 6.07) is 0. The lowest BCUT2D eigenvalue weighted by Gasteiger charge is -2.28. The van der Waals surface area contributed by atoms with E-state index in [0.29, 0.717) is 36.1 Å². The molecule has 2 N–H and O–H groups in total. The monoisotopic (exact) mass is 265 g/mol. The number of nitrogens with zero attached hydrogens (tertiary/aromatic N) is 2. The normalized spacial score (nSPS) is 14.1. The fourth-order valence-electron chi connectivity index (χ4n) is 2.95. The molecule has 1 rings (SSSR count). The van der Waals surface area contributed by atoms with Gasteiger partial charge in [0.1, 0.15) is 0 Å². The van der Waals surface area contributed by atoms with Crippen molar-refractivity contribution in [3.05, 3.63) is 18.2 Å². The molecule has 0 fully saturated rings. The smallest absolute Gasteiger partial charge is 0.0948 e. The van der Waals surface area contributed by atoms with Gasteiger partial charge in [-0.25, -0.2) is 4.98 Å². The molecular formula is C16H31N3. The molecule has 1 unspecified atom stereocenters. The first kappa shape index (κ1) is 16.2. The fourth-order valence-corrected chi connectivity index (χ4v) is 2.95. The molecule has 3 nitrogen and oxygen atoms in total. The number of rotatable bonds is 7. The van der Waals surface area contributed by atoms with Gasteiger partial charge < -0.3 is 10.3 Å². The minimum atomic E-state index is 0.405. The molecule has 0 bridgehead atoms. The van der Waals surface area contributed by atoms with Crippen molar-refractivity contribution in [1.29, 1.82) is 0 Å². The molecular weight excluding hydrogens is 234 g/mol. The van der Waals surface area contributed by atoms with Gasteiger partial charge in [0.15, 0.2) is 0 Å². The molecule has 0 amide bonds. The van der Waals surface area contributed by atoms with Crippen LogP contribution in [-0.2, 0) is 6.54 Å². The van der Waals surface area contributed by atoms with Crippen LogP contribution in [-0.4, -0.2) is 16.1 Å². The second-order valence-corrected chi connectivity index (χ2v) is 6.71. The summed E-state index contributed by atoms with van der Waals surface area (Å²) in [5.41, 5.74) is 7.24. The lowest BCUT2D eigenvalue weighted by Crippen LogP contribution is -2.26. The average molecular weight is 265 g/mol. The Balaban J connectivity index is 2.93. The molecule has 1 aromatic heterocycles.